The van der Waals surface area contributed by atoms with Crippen molar-refractivity contribution in [2.45, 2.75) is 17.7 Å². The Bertz CT molecular complexity index is 597. The summed E-state index contributed by atoms with van der Waals surface area (Å²) < 4.78 is 5.53. The maximum Gasteiger partial charge on any atom is 0.122 e. The van der Waals surface area contributed by atoms with Gasteiger partial charge >= 0.3 is 0 Å². The van der Waals surface area contributed by atoms with Gasteiger partial charge in [0.25, 0.3) is 0 Å². The highest BCUT2D eigenvalue weighted by molar-refractivity contribution is 9.09. The van der Waals surface area contributed by atoms with Gasteiger partial charge in [0.1, 0.15) is 5.75 Å². The van der Waals surface area contributed by atoms with Crippen molar-refractivity contribution < 1.29 is 4.74 Å². The molecule has 0 bridgehead atoms. The van der Waals surface area contributed by atoms with Crippen LogP contribution in [0.15, 0.2) is 42.5 Å². The van der Waals surface area contributed by atoms with Gasteiger partial charge < -0.3 is 4.74 Å². The van der Waals surface area contributed by atoms with Crippen molar-refractivity contribution in [2.75, 3.05) is 6.61 Å². The van der Waals surface area contributed by atoms with Crippen LogP contribution >= 0.6 is 27.5 Å². The van der Waals surface area contributed by atoms with Gasteiger partial charge in [-0.3, -0.25) is 0 Å². The summed E-state index contributed by atoms with van der Waals surface area (Å²) in [5, 5.41) is 0.791. The topological polar surface area (TPSA) is 9.23 Å². The van der Waals surface area contributed by atoms with Crippen LogP contribution in [0.25, 0.3) is 0 Å². The van der Waals surface area contributed by atoms with Crippen LogP contribution in [0.1, 0.15) is 21.5 Å². The number of halogens is 2. The number of fused-ring (bicyclic) bond motifs is 1. The molecule has 0 amide bonds. The highest BCUT2D eigenvalue weighted by Crippen LogP contribution is 2.33. The summed E-state index contributed by atoms with van der Waals surface area (Å²) in [6.45, 7) is 0.806. The first-order chi connectivity index (χ1) is 9.22. The Morgan fingerprint density at radius 1 is 1.21 bits per heavy atom. The van der Waals surface area contributed by atoms with Crippen molar-refractivity contribution in [3.63, 3.8) is 0 Å². The van der Waals surface area contributed by atoms with Crippen LogP contribution in [0.2, 0.25) is 5.02 Å². The van der Waals surface area contributed by atoms with Crippen LogP contribution in [0, 0.1) is 0 Å². The number of hydrogen-bond donors (Lipinski definition) is 0. The molecule has 1 unspecified atom stereocenters. The van der Waals surface area contributed by atoms with E-state index in [-0.39, 0.29) is 0 Å². The molecule has 0 aliphatic carbocycles. The Hall–Kier alpha value is -0.990. The Morgan fingerprint density at radius 3 is 2.95 bits per heavy atom. The minimum Gasteiger partial charge on any atom is -0.493 e. The summed E-state index contributed by atoms with van der Waals surface area (Å²) in [6.07, 6.45) is 1.94. The molecule has 0 radical (unpaired) electrons. The van der Waals surface area contributed by atoms with Gasteiger partial charge in [-0.25, -0.2) is 0 Å². The van der Waals surface area contributed by atoms with E-state index < -0.39 is 0 Å². The highest BCUT2D eigenvalue weighted by Gasteiger charge is 2.15. The Morgan fingerprint density at radius 2 is 2.11 bits per heavy atom. The van der Waals surface area contributed by atoms with Crippen LogP contribution in [-0.2, 0) is 12.8 Å². The van der Waals surface area contributed by atoms with Crippen LogP contribution in [0.3, 0.4) is 0 Å². The van der Waals surface area contributed by atoms with Gasteiger partial charge in [0, 0.05) is 16.3 Å². The predicted molar refractivity (Wildman–Crippen MR) is 82.5 cm³/mol. The van der Waals surface area contributed by atoms with Gasteiger partial charge in [0.15, 0.2) is 0 Å². The van der Waals surface area contributed by atoms with E-state index >= 15 is 0 Å². The monoisotopic (exact) mass is 336 g/mol. The standard InChI is InChI=1S/C16H14BrClO/c17-15(9-11-2-1-3-14(18)8-11)12-4-5-16-13(10-12)6-7-19-16/h1-5,8,10,15H,6-7,9H2. The minimum atomic E-state index is 0.303. The summed E-state index contributed by atoms with van der Waals surface area (Å²) in [4.78, 5) is 0.303. The lowest BCUT2D eigenvalue weighted by Gasteiger charge is -2.12. The fraction of sp³-hybridized carbons (Fsp3) is 0.250. The molecule has 2 aromatic rings. The molecule has 3 heteroatoms. The largest absolute Gasteiger partial charge is 0.493 e. The molecule has 0 fully saturated rings. The molecule has 0 saturated carbocycles. The van der Waals surface area contributed by atoms with Gasteiger partial charge in [-0.05, 0) is 41.3 Å². The summed E-state index contributed by atoms with van der Waals surface area (Å²) in [5.41, 5.74) is 3.85. The molecule has 2 aromatic carbocycles. The van der Waals surface area contributed by atoms with E-state index in [1.54, 1.807) is 0 Å². The van der Waals surface area contributed by atoms with Crippen molar-refractivity contribution in [2.24, 2.45) is 0 Å². The lowest BCUT2D eigenvalue weighted by molar-refractivity contribution is 0.357. The number of alkyl halides is 1. The average Bonchev–Trinajstić information content (AvgIpc) is 2.85. The van der Waals surface area contributed by atoms with E-state index in [0.717, 1.165) is 30.2 Å². The summed E-state index contributed by atoms with van der Waals surface area (Å²) in [6, 6.07) is 14.5. The number of hydrogen-bond acceptors (Lipinski definition) is 1. The summed E-state index contributed by atoms with van der Waals surface area (Å²) in [5.74, 6) is 1.03. The van der Waals surface area contributed by atoms with E-state index in [2.05, 4.69) is 40.2 Å². The van der Waals surface area contributed by atoms with E-state index in [1.165, 1.54) is 16.7 Å². The molecule has 1 heterocycles. The zero-order chi connectivity index (χ0) is 13.2. The SMILES string of the molecule is Clc1cccc(CC(Br)c2ccc3c(c2)CCO3)c1. The molecular formula is C16H14BrClO. The lowest BCUT2D eigenvalue weighted by atomic mass is 10.0. The molecule has 1 aliphatic heterocycles. The quantitative estimate of drug-likeness (QED) is 0.720. The zero-order valence-corrected chi connectivity index (χ0v) is 12.7. The van der Waals surface area contributed by atoms with Crippen molar-refractivity contribution in [1.29, 1.82) is 0 Å². The second-order valence-corrected chi connectivity index (χ2v) is 6.31. The third-order valence-corrected chi connectivity index (χ3v) is 4.47. The van der Waals surface area contributed by atoms with Crippen molar-refractivity contribution in [3.05, 3.63) is 64.2 Å². The average molecular weight is 338 g/mol. The first kappa shape index (κ1) is 13.0. The molecule has 3 rings (SSSR count). The van der Waals surface area contributed by atoms with Gasteiger partial charge in [-0.15, -0.1) is 0 Å². The van der Waals surface area contributed by atoms with Crippen LogP contribution < -0.4 is 4.74 Å². The zero-order valence-electron chi connectivity index (χ0n) is 10.4. The molecule has 0 spiro atoms. The maximum absolute atomic E-state index is 6.02. The van der Waals surface area contributed by atoms with E-state index in [9.17, 15) is 0 Å². The van der Waals surface area contributed by atoms with Gasteiger partial charge in [-0.2, -0.15) is 0 Å². The van der Waals surface area contributed by atoms with Crippen LogP contribution in [0.4, 0.5) is 0 Å². The first-order valence-electron chi connectivity index (χ1n) is 6.36. The van der Waals surface area contributed by atoms with E-state index in [0.29, 0.717) is 4.83 Å². The third-order valence-electron chi connectivity index (χ3n) is 3.38. The normalized spacial score (nSPS) is 14.8. The lowest BCUT2D eigenvalue weighted by Crippen LogP contribution is -1.96. The fourth-order valence-electron chi connectivity index (χ4n) is 2.39. The van der Waals surface area contributed by atoms with Crippen LogP contribution in [-0.4, -0.2) is 6.61 Å². The molecule has 0 saturated heterocycles. The summed E-state index contributed by atoms with van der Waals surface area (Å²) >= 11 is 9.79. The first-order valence-corrected chi connectivity index (χ1v) is 7.66. The Kier molecular flexibility index (Phi) is 3.81. The second-order valence-electron chi connectivity index (χ2n) is 4.77. The second kappa shape index (κ2) is 5.56. The smallest absolute Gasteiger partial charge is 0.122 e. The third kappa shape index (κ3) is 2.96. The molecule has 1 nitrogen and oxygen atoms in total. The summed E-state index contributed by atoms with van der Waals surface area (Å²) in [7, 11) is 0. The Labute approximate surface area is 126 Å². The Balaban J connectivity index is 1.78. The van der Waals surface area contributed by atoms with Crippen molar-refractivity contribution in [3.8, 4) is 5.75 Å². The highest BCUT2D eigenvalue weighted by atomic mass is 79.9. The van der Waals surface area contributed by atoms with Gasteiger partial charge in [-0.1, -0.05) is 51.8 Å². The number of rotatable bonds is 3. The van der Waals surface area contributed by atoms with Crippen LogP contribution in [0.5, 0.6) is 5.75 Å². The van der Waals surface area contributed by atoms with E-state index in [4.69, 9.17) is 16.3 Å². The van der Waals surface area contributed by atoms with Crippen molar-refractivity contribution >= 4 is 27.5 Å². The van der Waals surface area contributed by atoms with Gasteiger partial charge in [0.2, 0.25) is 0 Å². The molecular weight excluding hydrogens is 324 g/mol. The fourth-order valence-corrected chi connectivity index (χ4v) is 3.26. The molecule has 0 aromatic heterocycles. The number of benzene rings is 2. The molecule has 19 heavy (non-hydrogen) atoms. The molecule has 98 valence electrons. The predicted octanol–water partition coefficient (Wildman–Crippen LogP) is 4.95. The molecule has 1 aliphatic rings. The van der Waals surface area contributed by atoms with E-state index in [1.807, 2.05) is 18.2 Å². The van der Waals surface area contributed by atoms with Crippen molar-refractivity contribution in [1.82, 2.24) is 0 Å². The molecule has 0 N–H and O–H groups in total. The molecule has 1 atom stereocenters. The van der Waals surface area contributed by atoms with Gasteiger partial charge in [0.05, 0.1) is 6.61 Å². The number of ether oxygens (including phenoxy) is 1. The maximum atomic E-state index is 6.02. The minimum absolute atomic E-state index is 0.303.